The van der Waals surface area contributed by atoms with E-state index in [4.69, 9.17) is 26.1 Å². The van der Waals surface area contributed by atoms with Gasteiger partial charge in [0.05, 0.1) is 24.8 Å². The highest BCUT2D eigenvalue weighted by molar-refractivity contribution is 6.40. The van der Waals surface area contributed by atoms with Gasteiger partial charge < -0.3 is 14.0 Å². The summed E-state index contributed by atoms with van der Waals surface area (Å²) in [5.41, 5.74) is 3.08. The minimum absolute atomic E-state index is 0.0454. The van der Waals surface area contributed by atoms with Crippen LogP contribution in [0, 0.1) is 12.7 Å². The molecule has 4 rings (SSSR count). The summed E-state index contributed by atoms with van der Waals surface area (Å²) >= 11 is 6.06. The van der Waals surface area contributed by atoms with Crippen molar-refractivity contribution in [1.29, 1.82) is 0 Å². The number of rotatable bonds is 5. The first kappa shape index (κ1) is 21.8. The molecule has 2 heterocycles. The Morgan fingerprint density at radius 1 is 1.16 bits per heavy atom. The van der Waals surface area contributed by atoms with Crippen molar-refractivity contribution in [2.24, 2.45) is 9.98 Å². The van der Waals surface area contributed by atoms with Crippen LogP contribution in [0.15, 0.2) is 58.6 Å². The quantitative estimate of drug-likeness (QED) is 0.516. The summed E-state index contributed by atoms with van der Waals surface area (Å²) in [4.78, 5) is 21.5. The normalized spacial score (nSPS) is 13.0. The number of carbonyl (C=O) groups excluding carboxylic acids is 1. The van der Waals surface area contributed by atoms with Gasteiger partial charge in [-0.15, -0.1) is 0 Å². The molecule has 8 heteroatoms. The number of benzene rings is 2. The number of hydrogen-bond acceptors (Lipinski definition) is 5. The Morgan fingerprint density at radius 2 is 1.91 bits per heavy atom. The van der Waals surface area contributed by atoms with Crippen molar-refractivity contribution >= 4 is 34.9 Å². The maximum absolute atomic E-state index is 15.2. The molecule has 0 unspecified atom stereocenters. The van der Waals surface area contributed by atoms with Crippen molar-refractivity contribution in [2.75, 3.05) is 14.2 Å². The molecule has 0 saturated carbocycles. The number of aryl methyl sites for hydroxylation is 1. The van der Waals surface area contributed by atoms with Gasteiger partial charge in [-0.05, 0) is 30.2 Å². The monoisotopic (exact) mass is 453 g/mol. The van der Waals surface area contributed by atoms with Crippen LogP contribution in [-0.4, -0.2) is 36.3 Å². The number of nitrogens with zero attached hydrogens (tertiary/aromatic N) is 3. The SMILES string of the molecule is COC(=O)C1=NC(c2ccc(Cl)c(OC)c2F)=Nc2c(c(C)cn2Cc2ccccc2)C1. The molecule has 164 valence electrons. The third-order valence-electron chi connectivity index (χ3n) is 5.28. The van der Waals surface area contributed by atoms with Gasteiger partial charge >= 0.3 is 5.97 Å². The lowest BCUT2D eigenvalue weighted by atomic mass is 10.1. The van der Waals surface area contributed by atoms with Gasteiger partial charge in [0.1, 0.15) is 11.5 Å². The van der Waals surface area contributed by atoms with Gasteiger partial charge in [-0.1, -0.05) is 41.9 Å². The maximum atomic E-state index is 15.2. The summed E-state index contributed by atoms with van der Waals surface area (Å²) in [5, 5.41) is 0.129. The van der Waals surface area contributed by atoms with Crippen LogP contribution < -0.4 is 4.74 Å². The van der Waals surface area contributed by atoms with Crippen molar-refractivity contribution in [3.05, 3.63) is 81.8 Å². The van der Waals surface area contributed by atoms with Gasteiger partial charge in [0, 0.05) is 24.7 Å². The third kappa shape index (κ3) is 4.03. The van der Waals surface area contributed by atoms with E-state index < -0.39 is 11.8 Å². The molecule has 0 fully saturated rings. The second-order valence-corrected chi connectivity index (χ2v) is 7.74. The van der Waals surface area contributed by atoms with E-state index in [1.54, 1.807) is 0 Å². The Bertz CT molecular complexity index is 1250. The van der Waals surface area contributed by atoms with Crippen LogP contribution in [0.5, 0.6) is 5.75 Å². The Hall–Kier alpha value is -3.45. The first-order chi connectivity index (χ1) is 15.4. The van der Waals surface area contributed by atoms with E-state index in [1.807, 2.05) is 48.0 Å². The molecule has 6 nitrogen and oxygen atoms in total. The molecule has 32 heavy (non-hydrogen) atoms. The molecule has 1 aromatic heterocycles. The molecule has 3 aromatic rings. The van der Waals surface area contributed by atoms with Gasteiger partial charge in [0.2, 0.25) is 0 Å². The number of halogens is 2. The average Bonchev–Trinajstić information content (AvgIpc) is 2.96. The molecule has 1 aliphatic heterocycles. The van der Waals surface area contributed by atoms with Crippen LogP contribution >= 0.6 is 11.6 Å². The second kappa shape index (κ2) is 8.96. The summed E-state index contributed by atoms with van der Waals surface area (Å²) in [6.07, 6.45) is 2.19. The topological polar surface area (TPSA) is 65.2 Å². The molecular weight excluding hydrogens is 433 g/mol. The number of aromatic nitrogens is 1. The van der Waals surface area contributed by atoms with E-state index in [0.29, 0.717) is 12.4 Å². The van der Waals surface area contributed by atoms with Crippen LogP contribution in [0.1, 0.15) is 22.3 Å². The summed E-state index contributed by atoms with van der Waals surface area (Å²) in [6.45, 7) is 2.51. The van der Waals surface area contributed by atoms with Gasteiger partial charge in [0.25, 0.3) is 0 Å². The summed E-state index contributed by atoms with van der Waals surface area (Å²) in [5.74, 6) is -0.751. The zero-order valence-corrected chi connectivity index (χ0v) is 18.6. The first-order valence-corrected chi connectivity index (χ1v) is 10.3. The largest absolute Gasteiger partial charge is 0.492 e. The molecule has 0 amide bonds. The number of fused-ring (bicyclic) bond motifs is 1. The van der Waals surface area contributed by atoms with Crippen molar-refractivity contribution in [2.45, 2.75) is 19.9 Å². The molecular formula is C24H21ClFN3O3. The zero-order valence-electron chi connectivity index (χ0n) is 17.9. The fourth-order valence-electron chi connectivity index (χ4n) is 3.68. The Morgan fingerprint density at radius 3 is 2.59 bits per heavy atom. The van der Waals surface area contributed by atoms with Gasteiger partial charge in [-0.2, -0.15) is 0 Å². The van der Waals surface area contributed by atoms with Crippen molar-refractivity contribution in [3.63, 3.8) is 0 Å². The highest BCUT2D eigenvalue weighted by Crippen LogP contribution is 2.34. The van der Waals surface area contributed by atoms with Gasteiger partial charge in [-0.25, -0.2) is 19.2 Å². The lowest BCUT2D eigenvalue weighted by Gasteiger charge is -2.10. The van der Waals surface area contributed by atoms with Crippen molar-refractivity contribution in [1.82, 2.24) is 4.57 Å². The predicted molar refractivity (Wildman–Crippen MR) is 122 cm³/mol. The molecule has 1 aliphatic rings. The van der Waals surface area contributed by atoms with Crippen LogP contribution in [0.2, 0.25) is 5.02 Å². The zero-order chi connectivity index (χ0) is 22.8. The van der Waals surface area contributed by atoms with Crippen LogP contribution in [0.4, 0.5) is 10.2 Å². The number of esters is 1. The lowest BCUT2D eigenvalue weighted by molar-refractivity contribution is -0.132. The molecule has 0 spiro atoms. The smallest absolute Gasteiger partial charge is 0.352 e. The molecule has 2 aromatic carbocycles. The van der Waals surface area contributed by atoms with Crippen molar-refractivity contribution < 1.29 is 18.7 Å². The molecule has 0 aliphatic carbocycles. The summed E-state index contributed by atoms with van der Waals surface area (Å²) < 4.78 is 27.2. The number of amidine groups is 1. The standard InChI is InChI=1S/C24H21ClFN3O3/c1-14-12-29(13-15-7-5-4-6-8-15)23-17(14)11-19(24(30)32-3)27-22(28-23)16-9-10-18(25)21(31-2)20(16)26/h4-10,12H,11,13H2,1-3H3. The molecule has 0 N–H and O–H groups in total. The third-order valence-corrected chi connectivity index (χ3v) is 5.57. The minimum atomic E-state index is -0.701. The Kier molecular flexibility index (Phi) is 6.10. The number of methoxy groups -OCH3 is 2. The van der Waals surface area contributed by atoms with E-state index in [1.165, 1.54) is 26.4 Å². The number of carbonyl (C=O) groups is 1. The van der Waals surface area contributed by atoms with Crippen LogP contribution in [-0.2, 0) is 22.5 Å². The maximum Gasteiger partial charge on any atom is 0.352 e. The van der Waals surface area contributed by atoms with E-state index in [0.717, 1.165) is 16.7 Å². The molecule has 0 saturated heterocycles. The predicted octanol–water partition coefficient (Wildman–Crippen LogP) is 4.89. The molecule has 0 bridgehead atoms. The van der Waals surface area contributed by atoms with Gasteiger partial charge in [0.15, 0.2) is 17.4 Å². The number of hydrogen-bond donors (Lipinski definition) is 0. The average molecular weight is 454 g/mol. The van der Waals surface area contributed by atoms with Crippen molar-refractivity contribution in [3.8, 4) is 5.75 Å². The summed E-state index contributed by atoms with van der Waals surface area (Å²) in [7, 11) is 2.62. The number of aliphatic imine (C=N–C) groups is 2. The fraction of sp³-hybridized carbons (Fsp3) is 0.208. The van der Waals surface area contributed by atoms with E-state index in [2.05, 4.69) is 4.99 Å². The van der Waals surface area contributed by atoms with E-state index >= 15 is 4.39 Å². The summed E-state index contributed by atoms with van der Waals surface area (Å²) in [6, 6.07) is 12.9. The fourth-order valence-corrected chi connectivity index (χ4v) is 3.90. The highest BCUT2D eigenvalue weighted by Gasteiger charge is 2.26. The van der Waals surface area contributed by atoms with E-state index in [9.17, 15) is 4.79 Å². The molecule has 0 radical (unpaired) electrons. The lowest BCUT2D eigenvalue weighted by Crippen LogP contribution is -2.20. The second-order valence-electron chi connectivity index (χ2n) is 7.33. The van der Waals surface area contributed by atoms with Crippen LogP contribution in [0.25, 0.3) is 0 Å². The first-order valence-electron chi connectivity index (χ1n) is 9.92. The molecule has 0 atom stereocenters. The Balaban J connectivity index is 1.91. The van der Waals surface area contributed by atoms with E-state index in [-0.39, 0.29) is 34.3 Å². The minimum Gasteiger partial charge on any atom is -0.492 e. The Labute approximate surface area is 190 Å². The van der Waals surface area contributed by atoms with Crippen LogP contribution in [0.3, 0.4) is 0 Å². The number of ether oxygens (including phenoxy) is 2. The highest BCUT2D eigenvalue weighted by atomic mass is 35.5. The van der Waals surface area contributed by atoms with Gasteiger partial charge in [-0.3, -0.25) is 0 Å².